The lowest BCUT2D eigenvalue weighted by Gasteiger charge is -2.29. The topological polar surface area (TPSA) is 32.3 Å². The molecule has 1 saturated heterocycles. The van der Waals surface area contributed by atoms with Crippen molar-refractivity contribution in [1.29, 1.82) is 0 Å². The van der Waals surface area contributed by atoms with Crippen LogP contribution in [0.4, 0.5) is 0 Å². The molecule has 1 aromatic rings. The van der Waals surface area contributed by atoms with Gasteiger partial charge in [-0.3, -0.25) is 4.79 Å². The van der Waals surface area contributed by atoms with E-state index >= 15 is 0 Å². The first-order valence-electron chi connectivity index (χ1n) is 6.23. The van der Waals surface area contributed by atoms with Gasteiger partial charge >= 0.3 is 0 Å². The standard InChI is InChI=1S/C14H19BrN2O/c1-14(2)9-16-6-7-17(10-14)13(18)11-4-3-5-12(15)8-11/h3-5,8,16H,6-7,9-10H2,1-2H3. The Bertz CT molecular complexity index is 445. The van der Waals surface area contributed by atoms with Crippen LogP contribution >= 0.6 is 15.9 Å². The van der Waals surface area contributed by atoms with Crippen molar-refractivity contribution in [2.75, 3.05) is 26.2 Å². The average Bonchev–Trinajstić information content (AvgIpc) is 2.49. The Morgan fingerprint density at radius 1 is 1.44 bits per heavy atom. The summed E-state index contributed by atoms with van der Waals surface area (Å²) in [5.41, 5.74) is 0.875. The Balaban J connectivity index is 2.17. The number of hydrogen-bond acceptors (Lipinski definition) is 2. The minimum Gasteiger partial charge on any atom is -0.337 e. The van der Waals surface area contributed by atoms with Gasteiger partial charge in [0.15, 0.2) is 0 Å². The van der Waals surface area contributed by atoms with Gasteiger partial charge in [0.2, 0.25) is 0 Å². The molecule has 0 spiro atoms. The maximum absolute atomic E-state index is 12.5. The van der Waals surface area contributed by atoms with Gasteiger partial charge < -0.3 is 10.2 Å². The molecule has 0 bridgehead atoms. The third kappa shape index (κ3) is 3.33. The largest absolute Gasteiger partial charge is 0.337 e. The molecule has 1 fully saturated rings. The second-order valence-electron chi connectivity index (χ2n) is 5.58. The molecule has 0 aromatic heterocycles. The summed E-state index contributed by atoms with van der Waals surface area (Å²) in [5.74, 6) is 0.119. The highest BCUT2D eigenvalue weighted by atomic mass is 79.9. The Kier molecular flexibility index (Phi) is 4.07. The van der Waals surface area contributed by atoms with Crippen molar-refractivity contribution in [1.82, 2.24) is 10.2 Å². The Hall–Kier alpha value is -0.870. The maximum Gasteiger partial charge on any atom is 0.253 e. The van der Waals surface area contributed by atoms with Crippen molar-refractivity contribution in [3.05, 3.63) is 34.3 Å². The summed E-state index contributed by atoms with van der Waals surface area (Å²) in [6.07, 6.45) is 0. The quantitative estimate of drug-likeness (QED) is 0.864. The van der Waals surface area contributed by atoms with Crippen LogP contribution in [-0.4, -0.2) is 37.0 Å². The van der Waals surface area contributed by atoms with Crippen LogP contribution < -0.4 is 5.32 Å². The first-order chi connectivity index (χ1) is 8.48. The van der Waals surface area contributed by atoms with Gasteiger partial charge in [-0.25, -0.2) is 0 Å². The molecule has 1 aliphatic rings. The molecule has 1 aliphatic heterocycles. The predicted molar refractivity (Wildman–Crippen MR) is 76.7 cm³/mol. The molecule has 0 atom stereocenters. The number of benzene rings is 1. The third-order valence-corrected chi connectivity index (χ3v) is 3.63. The summed E-state index contributed by atoms with van der Waals surface area (Å²) >= 11 is 3.41. The molecule has 1 aromatic carbocycles. The smallest absolute Gasteiger partial charge is 0.253 e. The summed E-state index contributed by atoms with van der Waals surface area (Å²) in [7, 11) is 0. The number of amides is 1. The number of rotatable bonds is 1. The van der Waals surface area contributed by atoms with Crippen LogP contribution in [-0.2, 0) is 0 Å². The first kappa shape index (κ1) is 13.6. The van der Waals surface area contributed by atoms with E-state index in [4.69, 9.17) is 0 Å². The van der Waals surface area contributed by atoms with Crippen LogP contribution in [0.5, 0.6) is 0 Å². The summed E-state index contributed by atoms with van der Waals surface area (Å²) in [6, 6.07) is 7.59. The van der Waals surface area contributed by atoms with Gasteiger partial charge in [0, 0.05) is 36.2 Å². The molecule has 2 rings (SSSR count). The summed E-state index contributed by atoms with van der Waals surface area (Å²) in [4.78, 5) is 14.4. The number of nitrogens with one attached hydrogen (secondary N) is 1. The van der Waals surface area contributed by atoms with Crippen LogP contribution in [0, 0.1) is 5.41 Å². The van der Waals surface area contributed by atoms with E-state index in [9.17, 15) is 4.79 Å². The van der Waals surface area contributed by atoms with Crippen molar-refractivity contribution < 1.29 is 4.79 Å². The lowest BCUT2D eigenvalue weighted by atomic mass is 9.93. The fraction of sp³-hybridized carbons (Fsp3) is 0.500. The summed E-state index contributed by atoms with van der Waals surface area (Å²) < 4.78 is 0.945. The monoisotopic (exact) mass is 310 g/mol. The van der Waals surface area contributed by atoms with Crippen LogP contribution in [0.15, 0.2) is 28.7 Å². The molecular weight excluding hydrogens is 292 g/mol. The highest BCUT2D eigenvalue weighted by Gasteiger charge is 2.27. The molecule has 0 saturated carbocycles. The van der Waals surface area contributed by atoms with E-state index in [1.165, 1.54) is 0 Å². The van der Waals surface area contributed by atoms with Gasteiger partial charge in [-0.05, 0) is 23.6 Å². The molecular formula is C14H19BrN2O. The Morgan fingerprint density at radius 3 is 2.94 bits per heavy atom. The lowest BCUT2D eigenvalue weighted by Crippen LogP contribution is -2.39. The van der Waals surface area contributed by atoms with Crippen LogP contribution in [0.3, 0.4) is 0 Å². The van der Waals surface area contributed by atoms with Gasteiger partial charge in [-0.1, -0.05) is 35.8 Å². The van der Waals surface area contributed by atoms with Gasteiger partial charge in [0.1, 0.15) is 0 Å². The van der Waals surface area contributed by atoms with Crippen molar-refractivity contribution in [2.24, 2.45) is 5.41 Å². The summed E-state index contributed by atoms with van der Waals surface area (Å²) in [5, 5.41) is 3.38. The van der Waals surface area contributed by atoms with Gasteiger partial charge in [-0.2, -0.15) is 0 Å². The van der Waals surface area contributed by atoms with Crippen molar-refractivity contribution in [3.8, 4) is 0 Å². The molecule has 1 amide bonds. The molecule has 0 radical (unpaired) electrons. The highest BCUT2D eigenvalue weighted by Crippen LogP contribution is 2.20. The van der Waals surface area contributed by atoms with Gasteiger partial charge in [0.05, 0.1) is 0 Å². The molecule has 4 heteroatoms. The van der Waals surface area contributed by atoms with Gasteiger partial charge in [-0.15, -0.1) is 0 Å². The fourth-order valence-corrected chi connectivity index (χ4v) is 2.67. The van der Waals surface area contributed by atoms with E-state index in [0.29, 0.717) is 0 Å². The number of carbonyl (C=O) groups is 1. The van der Waals surface area contributed by atoms with Crippen molar-refractivity contribution in [2.45, 2.75) is 13.8 Å². The second kappa shape index (κ2) is 5.41. The minimum absolute atomic E-state index is 0.119. The Morgan fingerprint density at radius 2 is 2.22 bits per heavy atom. The zero-order valence-electron chi connectivity index (χ0n) is 10.9. The van der Waals surface area contributed by atoms with Crippen LogP contribution in [0.1, 0.15) is 24.2 Å². The van der Waals surface area contributed by atoms with Gasteiger partial charge in [0.25, 0.3) is 5.91 Å². The Labute approximate surface area is 117 Å². The normalized spacial score (nSPS) is 19.4. The fourth-order valence-electron chi connectivity index (χ4n) is 2.27. The second-order valence-corrected chi connectivity index (χ2v) is 6.49. The SMILES string of the molecule is CC1(C)CNCCN(C(=O)c2cccc(Br)c2)C1. The molecule has 0 unspecified atom stereocenters. The zero-order valence-corrected chi connectivity index (χ0v) is 12.5. The van der Waals surface area contributed by atoms with Crippen LogP contribution in [0.25, 0.3) is 0 Å². The minimum atomic E-state index is 0.119. The van der Waals surface area contributed by atoms with E-state index in [2.05, 4.69) is 35.1 Å². The van der Waals surface area contributed by atoms with E-state index in [1.54, 1.807) is 0 Å². The van der Waals surface area contributed by atoms with Crippen LogP contribution in [0.2, 0.25) is 0 Å². The average molecular weight is 311 g/mol. The van der Waals surface area contributed by atoms with Crippen molar-refractivity contribution in [3.63, 3.8) is 0 Å². The van der Waals surface area contributed by atoms with Crippen molar-refractivity contribution >= 4 is 21.8 Å². The number of carbonyl (C=O) groups excluding carboxylic acids is 1. The molecule has 1 N–H and O–H groups in total. The predicted octanol–water partition coefficient (Wildman–Crippen LogP) is 2.52. The molecule has 0 aliphatic carbocycles. The van der Waals surface area contributed by atoms with E-state index in [0.717, 1.165) is 36.2 Å². The molecule has 18 heavy (non-hydrogen) atoms. The molecule has 3 nitrogen and oxygen atoms in total. The third-order valence-electron chi connectivity index (χ3n) is 3.14. The molecule has 1 heterocycles. The summed E-state index contributed by atoms with van der Waals surface area (Å²) in [6.45, 7) is 7.76. The highest BCUT2D eigenvalue weighted by molar-refractivity contribution is 9.10. The van der Waals surface area contributed by atoms with E-state index in [1.807, 2.05) is 29.2 Å². The molecule has 98 valence electrons. The first-order valence-corrected chi connectivity index (χ1v) is 7.03. The number of hydrogen-bond donors (Lipinski definition) is 1. The number of halogens is 1. The number of nitrogens with zero attached hydrogens (tertiary/aromatic N) is 1. The maximum atomic E-state index is 12.5. The van der Waals surface area contributed by atoms with E-state index in [-0.39, 0.29) is 11.3 Å². The van der Waals surface area contributed by atoms with E-state index < -0.39 is 0 Å². The zero-order chi connectivity index (χ0) is 13.2. The lowest BCUT2D eigenvalue weighted by molar-refractivity contribution is 0.0716.